The zero-order chi connectivity index (χ0) is 13.1. The molecule has 2 N–H and O–H groups in total. The lowest BCUT2D eigenvalue weighted by atomic mass is 10.1. The molecule has 0 radical (unpaired) electrons. The number of β-amino-alcohol motifs (C(OH)–C–C–N with tert-alkyl or cyclic N) is 1. The number of nitrogens with zero attached hydrogens (tertiary/aromatic N) is 2. The molecule has 0 saturated carbocycles. The van der Waals surface area contributed by atoms with Gasteiger partial charge in [-0.3, -0.25) is 4.68 Å². The van der Waals surface area contributed by atoms with Gasteiger partial charge in [-0.2, -0.15) is 5.10 Å². The molecule has 5 heteroatoms. The van der Waals surface area contributed by atoms with Crippen LogP contribution in [0.1, 0.15) is 39.5 Å². The lowest BCUT2D eigenvalue weighted by molar-refractivity contribution is 0.149. The quantitative estimate of drug-likeness (QED) is 0.816. The van der Waals surface area contributed by atoms with E-state index >= 15 is 0 Å². The Hall–Kier alpha value is -1.07. The highest BCUT2D eigenvalue weighted by atomic mass is 16.5. The van der Waals surface area contributed by atoms with Gasteiger partial charge in [-0.05, 0) is 27.7 Å². The fourth-order valence-electron chi connectivity index (χ4n) is 1.62. The maximum Gasteiger partial charge on any atom is 0.162 e. The average molecular weight is 241 g/mol. The number of aliphatic hydroxyl groups excluding tert-OH is 1. The number of aryl methyl sites for hydroxylation is 1. The van der Waals surface area contributed by atoms with Crippen LogP contribution in [0.5, 0.6) is 5.75 Å². The van der Waals surface area contributed by atoms with Crippen molar-refractivity contribution >= 4 is 0 Å². The summed E-state index contributed by atoms with van der Waals surface area (Å²) in [6.45, 7) is 9.37. The summed E-state index contributed by atoms with van der Waals surface area (Å²) in [6, 6.07) is 0. The normalized spacial score (nSPS) is 13.8. The third-order valence-electron chi connectivity index (χ3n) is 2.51. The number of ether oxygens (including phenoxy) is 1. The van der Waals surface area contributed by atoms with Crippen LogP contribution in [0.3, 0.4) is 0 Å². The van der Waals surface area contributed by atoms with Gasteiger partial charge in [0.1, 0.15) is 11.8 Å². The van der Waals surface area contributed by atoms with Crippen molar-refractivity contribution in [3.05, 3.63) is 11.9 Å². The van der Waals surface area contributed by atoms with Crippen molar-refractivity contribution in [2.24, 2.45) is 0 Å². The first kappa shape index (κ1) is 14.0. The minimum Gasteiger partial charge on any atom is -0.493 e. The molecule has 1 aromatic rings. The van der Waals surface area contributed by atoms with Crippen LogP contribution in [0.4, 0.5) is 0 Å². The Morgan fingerprint density at radius 2 is 2.18 bits per heavy atom. The van der Waals surface area contributed by atoms with Crippen LogP contribution < -0.4 is 10.1 Å². The van der Waals surface area contributed by atoms with Gasteiger partial charge in [0.2, 0.25) is 0 Å². The van der Waals surface area contributed by atoms with Gasteiger partial charge in [0, 0.05) is 18.6 Å². The zero-order valence-electron chi connectivity index (χ0n) is 11.3. The molecule has 0 aliphatic rings. The Bertz CT molecular complexity index is 334. The SMILES string of the molecule is CCn1ncc(OC)c1C(O)CNC(C)(C)C. The summed E-state index contributed by atoms with van der Waals surface area (Å²) < 4.78 is 6.97. The second kappa shape index (κ2) is 5.51. The number of rotatable bonds is 5. The number of nitrogens with one attached hydrogen (secondary N) is 1. The van der Waals surface area contributed by atoms with Gasteiger partial charge >= 0.3 is 0 Å². The molecule has 0 aliphatic heterocycles. The predicted octanol–water partition coefficient (Wildman–Crippen LogP) is 1.33. The van der Waals surface area contributed by atoms with Crippen molar-refractivity contribution in [2.45, 2.75) is 45.9 Å². The summed E-state index contributed by atoms with van der Waals surface area (Å²) in [7, 11) is 1.59. The van der Waals surface area contributed by atoms with Gasteiger partial charge in [-0.25, -0.2) is 0 Å². The first-order chi connectivity index (χ1) is 7.89. The maximum atomic E-state index is 10.2. The van der Waals surface area contributed by atoms with Crippen molar-refractivity contribution in [2.75, 3.05) is 13.7 Å². The van der Waals surface area contributed by atoms with Crippen molar-refractivity contribution < 1.29 is 9.84 Å². The average Bonchev–Trinajstić information content (AvgIpc) is 2.67. The number of aliphatic hydroxyl groups is 1. The number of aromatic nitrogens is 2. The molecule has 1 atom stereocenters. The third kappa shape index (κ3) is 3.71. The first-order valence-corrected chi connectivity index (χ1v) is 5.91. The molecule has 0 spiro atoms. The van der Waals surface area contributed by atoms with Crippen LogP contribution in [0.2, 0.25) is 0 Å². The fourth-order valence-corrected chi connectivity index (χ4v) is 1.62. The van der Waals surface area contributed by atoms with E-state index in [2.05, 4.69) is 31.2 Å². The molecule has 0 aromatic carbocycles. The molecule has 1 unspecified atom stereocenters. The molecule has 1 heterocycles. The van der Waals surface area contributed by atoms with E-state index in [9.17, 15) is 5.11 Å². The van der Waals surface area contributed by atoms with Crippen molar-refractivity contribution in [3.63, 3.8) is 0 Å². The second-order valence-electron chi connectivity index (χ2n) is 5.06. The first-order valence-electron chi connectivity index (χ1n) is 5.91. The predicted molar refractivity (Wildman–Crippen MR) is 67.2 cm³/mol. The molecule has 0 amide bonds. The van der Waals surface area contributed by atoms with Crippen molar-refractivity contribution in [3.8, 4) is 5.75 Å². The minimum absolute atomic E-state index is 0.0225. The number of methoxy groups -OCH3 is 1. The summed E-state index contributed by atoms with van der Waals surface area (Å²) in [5.41, 5.74) is 0.706. The summed E-state index contributed by atoms with van der Waals surface area (Å²) in [6.07, 6.45) is 1.02. The standard InChI is InChI=1S/C12H23N3O2/c1-6-15-11(10(17-5)8-14-15)9(16)7-13-12(2,3)4/h8-9,13,16H,6-7H2,1-5H3. The Kier molecular flexibility index (Phi) is 4.54. The third-order valence-corrected chi connectivity index (χ3v) is 2.51. The van der Waals surface area contributed by atoms with Crippen LogP contribution >= 0.6 is 0 Å². The van der Waals surface area contributed by atoms with E-state index in [1.54, 1.807) is 18.0 Å². The van der Waals surface area contributed by atoms with E-state index < -0.39 is 6.10 Å². The second-order valence-corrected chi connectivity index (χ2v) is 5.06. The van der Waals surface area contributed by atoms with Crippen LogP contribution in [-0.2, 0) is 6.54 Å². The van der Waals surface area contributed by atoms with E-state index in [0.29, 0.717) is 18.8 Å². The minimum atomic E-state index is -0.619. The Morgan fingerprint density at radius 3 is 2.65 bits per heavy atom. The van der Waals surface area contributed by atoms with Crippen LogP contribution in [-0.4, -0.2) is 34.1 Å². The van der Waals surface area contributed by atoms with Gasteiger partial charge in [0.05, 0.1) is 13.3 Å². The molecule has 0 fully saturated rings. The largest absolute Gasteiger partial charge is 0.493 e. The molecule has 5 nitrogen and oxygen atoms in total. The maximum absolute atomic E-state index is 10.2. The monoisotopic (exact) mass is 241 g/mol. The van der Waals surface area contributed by atoms with E-state index in [0.717, 1.165) is 5.69 Å². The molecular formula is C12H23N3O2. The summed E-state index contributed by atoms with van der Waals surface area (Å²) >= 11 is 0. The highest BCUT2D eigenvalue weighted by Crippen LogP contribution is 2.24. The van der Waals surface area contributed by atoms with E-state index in [1.165, 1.54) is 0 Å². The Labute approximate surface area is 103 Å². The molecule has 17 heavy (non-hydrogen) atoms. The zero-order valence-corrected chi connectivity index (χ0v) is 11.3. The van der Waals surface area contributed by atoms with Crippen molar-refractivity contribution in [1.29, 1.82) is 0 Å². The fraction of sp³-hybridized carbons (Fsp3) is 0.750. The molecule has 0 bridgehead atoms. The molecule has 0 saturated heterocycles. The van der Waals surface area contributed by atoms with E-state index in [1.807, 2.05) is 6.92 Å². The lowest BCUT2D eigenvalue weighted by Gasteiger charge is -2.23. The summed E-state index contributed by atoms with van der Waals surface area (Å²) in [5, 5.41) is 17.6. The topological polar surface area (TPSA) is 59.3 Å². The molecule has 98 valence electrons. The van der Waals surface area contributed by atoms with Gasteiger partial charge in [0.25, 0.3) is 0 Å². The smallest absolute Gasteiger partial charge is 0.162 e. The molecule has 0 aliphatic carbocycles. The van der Waals surface area contributed by atoms with Crippen LogP contribution in [0.15, 0.2) is 6.20 Å². The van der Waals surface area contributed by atoms with Gasteiger partial charge in [-0.15, -0.1) is 0 Å². The van der Waals surface area contributed by atoms with Gasteiger partial charge < -0.3 is 15.2 Å². The molecule has 1 aromatic heterocycles. The number of hydrogen-bond acceptors (Lipinski definition) is 4. The molecule has 1 rings (SSSR count). The lowest BCUT2D eigenvalue weighted by Crippen LogP contribution is -2.39. The van der Waals surface area contributed by atoms with E-state index in [4.69, 9.17) is 4.74 Å². The van der Waals surface area contributed by atoms with E-state index in [-0.39, 0.29) is 5.54 Å². The summed E-state index contributed by atoms with van der Waals surface area (Å²) in [4.78, 5) is 0. The van der Waals surface area contributed by atoms with Crippen molar-refractivity contribution in [1.82, 2.24) is 15.1 Å². The van der Waals surface area contributed by atoms with Crippen LogP contribution in [0, 0.1) is 0 Å². The molecular weight excluding hydrogens is 218 g/mol. The number of hydrogen-bond donors (Lipinski definition) is 2. The Morgan fingerprint density at radius 1 is 1.53 bits per heavy atom. The highest BCUT2D eigenvalue weighted by molar-refractivity contribution is 5.27. The highest BCUT2D eigenvalue weighted by Gasteiger charge is 2.21. The van der Waals surface area contributed by atoms with Crippen LogP contribution in [0.25, 0.3) is 0 Å². The Balaban J connectivity index is 2.79. The van der Waals surface area contributed by atoms with Gasteiger partial charge in [-0.1, -0.05) is 0 Å². The summed E-state index contributed by atoms with van der Waals surface area (Å²) in [5.74, 6) is 0.634. The van der Waals surface area contributed by atoms with Gasteiger partial charge in [0.15, 0.2) is 5.75 Å².